The molecule has 1 heterocycles. The van der Waals surface area contributed by atoms with Crippen LogP contribution >= 0.6 is 0 Å². The molecule has 0 saturated carbocycles. The number of hydrogen-bond donors (Lipinski definition) is 1. The average Bonchev–Trinajstić information content (AvgIpc) is 2.90. The number of para-hydroxylation sites is 1. The summed E-state index contributed by atoms with van der Waals surface area (Å²) < 4.78 is 0. The normalized spacial score (nSPS) is 9.89. The summed E-state index contributed by atoms with van der Waals surface area (Å²) in [6.45, 7) is 0. The van der Waals surface area contributed by atoms with Gasteiger partial charge in [-0.15, -0.1) is 0 Å². The second-order valence-electron chi connectivity index (χ2n) is 4.06. The van der Waals surface area contributed by atoms with Gasteiger partial charge in [0.1, 0.15) is 5.69 Å². The number of benzene rings is 2. The monoisotopic (exact) mass is 246 g/mol. The van der Waals surface area contributed by atoms with E-state index in [1.807, 2.05) is 54.6 Å². The van der Waals surface area contributed by atoms with Gasteiger partial charge in [-0.1, -0.05) is 42.3 Å². The highest BCUT2D eigenvalue weighted by atomic mass is 16.1. The number of hydrogen-bond acceptors (Lipinski definition) is 2. The zero-order valence-corrected chi connectivity index (χ0v) is 10.1. The maximum Gasteiger partial charge on any atom is 0.257 e. The number of H-pyrrole nitrogens is 1. The molecule has 0 aliphatic heterocycles. The number of Topliss-reactive ketones (excluding diaryl/α,β-unsaturated/α-hetero) is 1. The standard InChI is InChI=1S/C16H10N2O/c19-15(11-10-12-6-2-1-3-7-12)16-13-8-4-5-9-14(13)17-18-16/h1-9H,(H,17,18). The number of fused-ring (bicyclic) bond motifs is 1. The molecule has 0 saturated heterocycles. The fourth-order valence-electron chi connectivity index (χ4n) is 1.85. The first-order valence-electron chi connectivity index (χ1n) is 5.89. The Balaban J connectivity index is 1.95. The summed E-state index contributed by atoms with van der Waals surface area (Å²) in [6, 6.07) is 16.9. The minimum Gasteiger partial charge on any atom is -0.277 e. The van der Waals surface area contributed by atoms with Crippen molar-refractivity contribution in [3.05, 3.63) is 65.9 Å². The zero-order chi connectivity index (χ0) is 13.1. The zero-order valence-electron chi connectivity index (χ0n) is 10.1. The molecular formula is C16H10N2O. The number of carbonyl (C=O) groups is 1. The van der Waals surface area contributed by atoms with Gasteiger partial charge in [0.2, 0.25) is 0 Å². The Hall–Kier alpha value is -2.86. The van der Waals surface area contributed by atoms with Gasteiger partial charge in [0.15, 0.2) is 0 Å². The van der Waals surface area contributed by atoms with Crippen LogP contribution in [0.25, 0.3) is 10.9 Å². The summed E-state index contributed by atoms with van der Waals surface area (Å²) >= 11 is 0. The van der Waals surface area contributed by atoms with Crippen LogP contribution in [0.4, 0.5) is 0 Å². The number of nitrogens with one attached hydrogen (secondary N) is 1. The molecule has 0 radical (unpaired) electrons. The third kappa shape index (κ3) is 2.24. The number of aromatic nitrogens is 2. The first-order valence-corrected chi connectivity index (χ1v) is 5.89. The molecule has 0 fully saturated rings. The van der Waals surface area contributed by atoms with Gasteiger partial charge in [0.25, 0.3) is 5.78 Å². The van der Waals surface area contributed by atoms with Crippen LogP contribution in [0.3, 0.4) is 0 Å². The number of ketones is 1. The van der Waals surface area contributed by atoms with Gasteiger partial charge >= 0.3 is 0 Å². The molecule has 0 bridgehead atoms. The Bertz CT molecular complexity index is 791. The Morgan fingerprint density at radius 3 is 2.58 bits per heavy atom. The summed E-state index contributed by atoms with van der Waals surface area (Å²) in [7, 11) is 0. The van der Waals surface area contributed by atoms with E-state index >= 15 is 0 Å². The molecule has 3 heteroatoms. The van der Waals surface area contributed by atoms with Crippen molar-refractivity contribution in [3.63, 3.8) is 0 Å². The lowest BCUT2D eigenvalue weighted by molar-refractivity contribution is 0.105. The van der Waals surface area contributed by atoms with Crippen LogP contribution in [0.2, 0.25) is 0 Å². The fraction of sp³-hybridized carbons (Fsp3) is 0. The quantitative estimate of drug-likeness (QED) is 0.530. The predicted octanol–water partition coefficient (Wildman–Crippen LogP) is 2.80. The SMILES string of the molecule is O=C(C#Cc1ccccc1)c1n[nH]c2ccccc12. The highest BCUT2D eigenvalue weighted by molar-refractivity contribution is 6.15. The van der Waals surface area contributed by atoms with E-state index in [1.165, 1.54) is 0 Å². The molecule has 0 aliphatic rings. The molecule has 1 N–H and O–H groups in total. The van der Waals surface area contributed by atoms with Crippen LogP contribution in [0.15, 0.2) is 54.6 Å². The summed E-state index contributed by atoms with van der Waals surface area (Å²) in [5, 5.41) is 7.66. The maximum absolute atomic E-state index is 12.0. The smallest absolute Gasteiger partial charge is 0.257 e. The van der Waals surface area contributed by atoms with Gasteiger partial charge in [0.05, 0.1) is 5.52 Å². The molecule has 3 aromatic rings. The molecule has 0 aliphatic carbocycles. The molecule has 3 rings (SSSR count). The van der Waals surface area contributed by atoms with Crippen molar-refractivity contribution in [1.82, 2.24) is 10.2 Å². The largest absolute Gasteiger partial charge is 0.277 e. The Kier molecular flexibility index (Phi) is 2.83. The van der Waals surface area contributed by atoms with Gasteiger partial charge in [0, 0.05) is 10.9 Å². The maximum atomic E-state index is 12.0. The lowest BCUT2D eigenvalue weighted by Gasteiger charge is -1.89. The van der Waals surface area contributed by atoms with Crippen LogP contribution in [0.5, 0.6) is 0 Å². The minimum atomic E-state index is -0.277. The number of carbonyl (C=O) groups excluding carboxylic acids is 1. The molecule has 0 amide bonds. The van der Waals surface area contributed by atoms with Crippen molar-refractivity contribution < 1.29 is 4.79 Å². The van der Waals surface area contributed by atoms with Crippen molar-refractivity contribution >= 4 is 16.7 Å². The van der Waals surface area contributed by atoms with Crippen molar-refractivity contribution in [3.8, 4) is 11.8 Å². The van der Waals surface area contributed by atoms with Crippen molar-refractivity contribution in [2.75, 3.05) is 0 Å². The molecular weight excluding hydrogens is 236 g/mol. The first kappa shape index (κ1) is 11.2. The van der Waals surface area contributed by atoms with Crippen molar-refractivity contribution in [2.24, 2.45) is 0 Å². The van der Waals surface area contributed by atoms with Gasteiger partial charge < -0.3 is 0 Å². The second kappa shape index (κ2) is 4.79. The average molecular weight is 246 g/mol. The van der Waals surface area contributed by atoms with Crippen LogP contribution in [0.1, 0.15) is 16.1 Å². The predicted molar refractivity (Wildman–Crippen MR) is 73.7 cm³/mol. The first-order chi connectivity index (χ1) is 9.34. The van der Waals surface area contributed by atoms with E-state index < -0.39 is 0 Å². The Morgan fingerprint density at radius 1 is 1.00 bits per heavy atom. The highest BCUT2D eigenvalue weighted by Gasteiger charge is 2.10. The molecule has 3 nitrogen and oxygen atoms in total. The number of aromatic amines is 1. The van der Waals surface area contributed by atoms with Gasteiger partial charge in [-0.25, -0.2) is 0 Å². The van der Waals surface area contributed by atoms with Crippen LogP contribution < -0.4 is 0 Å². The highest BCUT2D eigenvalue weighted by Crippen LogP contribution is 2.15. The molecule has 19 heavy (non-hydrogen) atoms. The minimum absolute atomic E-state index is 0.277. The summed E-state index contributed by atoms with van der Waals surface area (Å²) in [6.07, 6.45) is 0. The molecule has 2 aromatic carbocycles. The van der Waals surface area contributed by atoms with Crippen LogP contribution in [-0.2, 0) is 0 Å². The third-order valence-corrected chi connectivity index (χ3v) is 2.78. The molecule has 0 spiro atoms. The van der Waals surface area contributed by atoms with E-state index in [0.717, 1.165) is 16.5 Å². The summed E-state index contributed by atoms with van der Waals surface area (Å²) in [5.74, 6) is 5.19. The number of nitrogens with zero attached hydrogens (tertiary/aromatic N) is 1. The summed E-state index contributed by atoms with van der Waals surface area (Å²) in [4.78, 5) is 12.0. The fourth-order valence-corrected chi connectivity index (χ4v) is 1.85. The molecule has 0 unspecified atom stereocenters. The summed E-state index contributed by atoms with van der Waals surface area (Å²) in [5.41, 5.74) is 2.03. The van der Waals surface area contributed by atoms with Crippen LogP contribution in [0, 0.1) is 11.8 Å². The van der Waals surface area contributed by atoms with Crippen molar-refractivity contribution in [1.29, 1.82) is 0 Å². The van der Waals surface area contributed by atoms with E-state index in [-0.39, 0.29) is 5.78 Å². The molecule has 1 aromatic heterocycles. The molecule has 0 atom stereocenters. The van der Waals surface area contributed by atoms with E-state index in [9.17, 15) is 4.79 Å². The van der Waals surface area contributed by atoms with Gasteiger partial charge in [-0.3, -0.25) is 9.89 Å². The van der Waals surface area contributed by atoms with Crippen LogP contribution in [-0.4, -0.2) is 16.0 Å². The molecule has 90 valence electrons. The van der Waals surface area contributed by atoms with E-state index in [4.69, 9.17) is 0 Å². The third-order valence-electron chi connectivity index (χ3n) is 2.78. The van der Waals surface area contributed by atoms with E-state index in [0.29, 0.717) is 5.69 Å². The van der Waals surface area contributed by atoms with Gasteiger partial charge in [-0.2, -0.15) is 5.10 Å². The van der Waals surface area contributed by atoms with Crippen molar-refractivity contribution in [2.45, 2.75) is 0 Å². The van der Waals surface area contributed by atoms with Gasteiger partial charge in [-0.05, 0) is 24.1 Å². The van der Waals surface area contributed by atoms with E-state index in [1.54, 1.807) is 0 Å². The lowest BCUT2D eigenvalue weighted by Crippen LogP contribution is -1.96. The topological polar surface area (TPSA) is 45.8 Å². The van der Waals surface area contributed by atoms with E-state index in [2.05, 4.69) is 22.0 Å². The second-order valence-corrected chi connectivity index (χ2v) is 4.06. The number of rotatable bonds is 1. The lowest BCUT2D eigenvalue weighted by atomic mass is 10.1. The Morgan fingerprint density at radius 2 is 1.74 bits per heavy atom. The Labute approximate surface area is 110 Å².